The van der Waals surface area contributed by atoms with Gasteiger partial charge in [-0.15, -0.1) is 0 Å². The lowest BCUT2D eigenvalue weighted by molar-refractivity contribution is -0.120. The topological polar surface area (TPSA) is 44.4 Å². The van der Waals surface area contributed by atoms with Crippen LogP contribution in [-0.2, 0) is 11.2 Å². The van der Waals surface area contributed by atoms with Crippen LogP contribution >= 0.6 is 11.6 Å². The van der Waals surface area contributed by atoms with Crippen LogP contribution in [-0.4, -0.2) is 51.1 Å². The summed E-state index contributed by atoms with van der Waals surface area (Å²) in [5.41, 5.74) is 1.13. The van der Waals surface area contributed by atoms with Crippen molar-refractivity contribution >= 4 is 17.5 Å². The lowest BCUT2D eigenvalue weighted by Crippen LogP contribution is -2.37. The highest BCUT2D eigenvalue weighted by atomic mass is 35.5. The van der Waals surface area contributed by atoms with E-state index in [1.807, 2.05) is 38.4 Å². The van der Waals surface area contributed by atoms with E-state index in [1.54, 1.807) is 0 Å². The van der Waals surface area contributed by atoms with E-state index in [0.717, 1.165) is 30.1 Å². The second-order valence-electron chi connectivity index (χ2n) is 4.71. The Labute approximate surface area is 120 Å². The maximum atomic E-state index is 11.5. The van der Waals surface area contributed by atoms with Crippen LogP contribution in [0, 0.1) is 0 Å². The molecule has 0 heterocycles. The summed E-state index contributed by atoms with van der Waals surface area (Å²) in [6.07, 6.45) is 0.796. The minimum Gasteiger partial charge on any atom is -0.355 e. The van der Waals surface area contributed by atoms with Crippen molar-refractivity contribution in [3.8, 4) is 0 Å². The molecule has 0 radical (unpaired) electrons. The molecule has 0 aliphatic carbocycles. The number of benzene rings is 1. The third-order valence-corrected chi connectivity index (χ3v) is 2.88. The average molecular weight is 284 g/mol. The molecule has 0 aromatic heterocycles. The van der Waals surface area contributed by atoms with Crippen molar-refractivity contribution in [3.63, 3.8) is 0 Å². The lowest BCUT2D eigenvalue weighted by Gasteiger charge is -2.10. The summed E-state index contributed by atoms with van der Waals surface area (Å²) >= 11 is 5.90. The molecule has 0 aliphatic rings. The molecule has 0 unspecified atom stereocenters. The molecule has 0 bridgehead atoms. The van der Waals surface area contributed by atoms with E-state index in [2.05, 4.69) is 15.5 Å². The van der Waals surface area contributed by atoms with Gasteiger partial charge in [-0.25, -0.2) is 0 Å². The fraction of sp³-hybridized carbons (Fsp3) is 0.500. The largest absolute Gasteiger partial charge is 0.355 e. The summed E-state index contributed by atoms with van der Waals surface area (Å²) in [4.78, 5) is 13.6. The summed E-state index contributed by atoms with van der Waals surface area (Å²) in [5.74, 6) is 0.0285. The smallest absolute Gasteiger partial charge is 0.233 e. The monoisotopic (exact) mass is 283 g/mol. The van der Waals surface area contributed by atoms with Gasteiger partial charge >= 0.3 is 0 Å². The molecule has 2 N–H and O–H groups in total. The first-order chi connectivity index (χ1) is 9.08. The first-order valence-corrected chi connectivity index (χ1v) is 6.82. The fourth-order valence-corrected chi connectivity index (χ4v) is 1.82. The number of carbonyl (C=O) groups excluding carboxylic acids is 1. The normalized spacial score (nSPS) is 10.7. The molecule has 0 atom stereocenters. The zero-order chi connectivity index (χ0) is 14.1. The Bertz CT molecular complexity index is 396. The Hall–Kier alpha value is -1.10. The van der Waals surface area contributed by atoms with Crippen LogP contribution in [0.25, 0.3) is 0 Å². The minimum absolute atomic E-state index is 0.0285. The van der Waals surface area contributed by atoms with Gasteiger partial charge in [0.15, 0.2) is 0 Å². The van der Waals surface area contributed by atoms with Gasteiger partial charge in [-0.05, 0) is 38.2 Å². The van der Waals surface area contributed by atoms with Gasteiger partial charge in [0.25, 0.3) is 0 Å². The zero-order valence-corrected chi connectivity index (χ0v) is 12.3. The van der Waals surface area contributed by atoms with E-state index in [4.69, 9.17) is 11.6 Å². The third kappa shape index (κ3) is 7.82. The second-order valence-corrected chi connectivity index (χ2v) is 5.15. The molecular formula is C14H22ClN3O. The Morgan fingerprint density at radius 1 is 1.32 bits per heavy atom. The number of likely N-dealkylation sites (N-methyl/N-ethyl adjacent to an activating group) is 1. The third-order valence-electron chi connectivity index (χ3n) is 2.65. The van der Waals surface area contributed by atoms with Crippen molar-refractivity contribution in [2.24, 2.45) is 0 Å². The lowest BCUT2D eigenvalue weighted by atomic mass is 10.1. The SMILES string of the molecule is CN(C)CCNCC(=O)NCCc1cccc(Cl)c1. The van der Waals surface area contributed by atoms with Crippen LogP contribution in [0.2, 0.25) is 5.02 Å². The standard InChI is InChI=1S/C14H22ClN3O/c1-18(2)9-8-16-11-14(19)17-7-6-12-4-3-5-13(15)10-12/h3-5,10,16H,6-9,11H2,1-2H3,(H,17,19). The van der Waals surface area contributed by atoms with Crippen LogP contribution in [0.4, 0.5) is 0 Å². The molecule has 0 spiro atoms. The first-order valence-electron chi connectivity index (χ1n) is 6.44. The predicted octanol–water partition coefficient (Wildman–Crippen LogP) is 1.15. The minimum atomic E-state index is 0.0285. The van der Waals surface area contributed by atoms with Gasteiger partial charge in [-0.1, -0.05) is 23.7 Å². The van der Waals surface area contributed by atoms with E-state index in [-0.39, 0.29) is 5.91 Å². The van der Waals surface area contributed by atoms with E-state index in [9.17, 15) is 4.79 Å². The number of carbonyl (C=O) groups is 1. The number of hydrogen-bond acceptors (Lipinski definition) is 3. The molecular weight excluding hydrogens is 262 g/mol. The molecule has 0 saturated heterocycles. The van der Waals surface area contributed by atoms with E-state index in [0.29, 0.717) is 13.1 Å². The quantitative estimate of drug-likeness (QED) is 0.704. The van der Waals surface area contributed by atoms with Gasteiger partial charge in [0, 0.05) is 24.7 Å². The fourth-order valence-electron chi connectivity index (χ4n) is 1.61. The number of halogens is 1. The van der Waals surface area contributed by atoms with Crippen molar-refractivity contribution in [1.29, 1.82) is 0 Å². The van der Waals surface area contributed by atoms with Gasteiger partial charge < -0.3 is 15.5 Å². The van der Waals surface area contributed by atoms with E-state index >= 15 is 0 Å². The van der Waals surface area contributed by atoms with Crippen LogP contribution in [0.15, 0.2) is 24.3 Å². The number of nitrogens with one attached hydrogen (secondary N) is 2. The molecule has 106 valence electrons. The summed E-state index contributed by atoms with van der Waals surface area (Å²) in [6.45, 7) is 2.74. The second kappa shape index (κ2) is 8.91. The van der Waals surface area contributed by atoms with E-state index < -0.39 is 0 Å². The maximum Gasteiger partial charge on any atom is 0.233 e. The van der Waals surface area contributed by atoms with Crippen LogP contribution in [0.3, 0.4) is 0 Å². The molecule has 0 fully saturated rings. The van der Waals surface area contributed by atoms with Gasteiger partial charge in [-0.2, -0.15) is 0 Å². The van der Waals surface area contributed by atoms with Crippen LogP contribution in [0.1, 0.15) is 5.56 Å². The van der Waals surface area contributed by atoms with Crippen LogP contribution in [0.5, 0.6) is 0 Å². The highest BCUT2D eigenvalue weighted by Crippen LogP contribution is 2.10. The molecule has 0 saturated carbocycles. The molecule has 1 aromatic carbocycles. The van der Waals surface area contributed by atoms with Gasteiger partial charge in [0.2, 0.25) is 5.91 Å². The Morgan fingerprint density at radius 2 is 2.11 bits per heavy atom. The Balaban J connectivity index is 2.10. The van der Waals surface area contributed by atoms with Crippen LogP contribution < -0.4 is 10.6 Å². The number of amides is 1. The Morgan fingerprint density at radius 3 is 2.79 bits per heavy atom. The molecule has 0 aliphatic heterocycles. The number of rotatable bonds is 8. The highest BCUT2D eigenvalue weighted by molar-refractivity contribution is 6.30. The van der Waals surface area contributed by atoms with E-state index in [1.165, 1.54) is 0 Å². The molecule has 4 nitrogen and oxygen atoms in total. The predicted molar refractivity (Wildman–Crippen MR) is 79.6 cm³/mol. The molecule has 1 amide bonds. The summed E-state index contributed by atoms with van der Waals surface area (Å²) in [5, 5.41) is 6.71. The summed E-state index contributed by atoms with van der Waals surface area (Å²) in [6, 6.07) is 7.69. The van der Waals surface area contributed by atoms with Crippen molar-refractivity contribution in [1.82, 2.24) is 15.5 Å². The summed E-state index contributed by atoms with van der Waals surface area (Å²) < 4.78 is 0. The summed E-state index contributed by atoms with van der Waals surface area (Å²) in [7, 11) is 4.01. The molecule has 1 aromatic rings. The van der Waals surface area contributed by atoms with Crippen molar-refractivity contribution in [2.75, 3.05) is 40.3 Å². The molecule has 5 heteroatoms. The highest BCUT2D eigenvalue weighted by Gasteiger charge is 2.00. The average Bonchev–Trinajstić information content (AvgIpc) is 2.34. The van der Waals surface area contributed by atoms with Crippen molar-refractivity contribution in [2.45, 2.75) is 6.42 Å². The number of nitrogens with zero attached hydrogens (tertiary/aromatic N) is 1. The van der Waals surface area contributed by atoms with Gasteiger partial charge in [-0.3, -0.25) is 4.79 Å². The van der Waals surface area contributed by atoms with Gasteiger partial charge in [0.05, 0.1) is 6.54 Å². The zero-order valence-electron chi connectivity index (χ0n) is 11.6. The molecule has 19 heavy (non-hydrogen) atoms. The Kier molecular flexibility index (Phi) is 7.48. The number of hydrogen-bond donors (Lipinski definition) is 2. The van der Waals surface area contributed by atoms with Gasteiger partial charge in [0.1, 0.15) is 0 Å². The van der Waals surface area contributed by atoms with Crippen molar-refractivity contribution in [3.05, 3.63) is 34.9 Å². The molecule has 1 rings (SSSR count). The van der Waals surface area contributed by atoms with Crippen molar-refractivity contribution < 1.29 is 4.79 Å². The first kappa shape index (κ1) is 16.0. The maximum absolute atomic E-state index is 11.5.